The van der Waals surface area contributed by atoms with Gasteiger partial charge < -0.3 is 14.6 Å². The Bertz CT molecular complexity index is 939. The third-order valence-corrected chi connectivity index (χ3v) is 11.7. The Labute approximate surface area is 367 Å². The molecule has 0 aromatic heterocycles. The summed E-state index contributed by atoms with van der Waals surface area (Å²) in [5.74, 6) is -0.596. The molecule has 1 atom stereocenters. The van der Waals surface area contributed by atoms with Gasteiger partial charge >= 0.3 is 11.9 Å². The molecule has 5 nitrogen and oxygen atoms in total. The quantitative estimate of drug-likeness (QED) is 0.0376. The number of aliphatic hydroxyl groups excluding tert-OH is 1. The van der Waals surface area contributed by atoms with Crippen LogP contribution >= 0.6 is 0 Å². The molecule has 0 aromatic carbocycles. The zero-order valence-corrected chi connectivity index (χ0v) is 39.5. The van der Waals surface area contributed by atoms with Crippen LogP contribution in [0.15, 0.2) is 36.5 Å². The van der Waals surface area contributed by atoms with Crippen LogP contribution in [0.4, 0.5) is 0 Å². The highest BCUT2D eigenvalue weighted by Crippen LogP contribution is 2.16. The van der Waals surface area contributed by atoms with Gasteiger partial charge in [0, 0.05) is 12.8 Å². The first-order chi connectivity index (χ1) is 29.1. The average molecular weight is 829 g/mol. The van der Waals surface area contributed by atoms with Crippen molar-refractivity contribution >= 4 is 11.9 Å². The van der Waals surface area contributed by atoms with Crippen molar-refractivity contribution in [2.24, 2.45) is 0 Å². The van der Waals surface area contributed by atoms with E-state index in [9.17, 15) is 14.7 Å². The van der Waals surface area contributed by atoms with E-state index in [1.807, 2.05) is 0 Å². The van der Waals surface area contributed by atoms with Crippen molar-refractivity contribution < 1.29 is 24.2 Å². The van der Waals surface area contributed by atoms with E-state index in [4.69, 9.17) is 9.47 Å². The van der Waals surface area contributed by atoms with Gasteiger partial charge in [0.15, 0.2) is 6.10 Å². The molecule has 0 saturated carbocycles. The van der Waals surface area contributed by atoms with Gasteiger partial charge in [0.1, 0.15) is 6.61 Å². The fraction of sp³-hybridized carbons (Fsp3) is 0.852. The number of aliphatic hydroxyl groups is 1. The van der Waals surface area contributed by atoms with Crippen LogP contribution in [0.5, 0.6) is 0 Å². The van der Waals surface area contributed by atoms with Gasteiger partial charge in [-0.3, -0.25) is 9.59 Å². The highest BCUT2D eigenvalue weighted by atomic mass is 16.6. The number of rotatable bonds is 48. The number of esters is 2. The van der Waals surface area contributed by atoms with Crippen LogP contribution in [0.1, 0.15) is 277 Å². The summed E-state index contributed by atoms with van der Waals surface area (Å²) in [6.07, 6.45) is 64.0. The molecule has 0 spiro atoms. The molecule has 346 valence electrons. The molecular formula is C54H100O5. The molecular weight excluding hydrogens is 729 g/mol. The molecule has 1 unspecified atom stereocenters. The van der Waals surface area contributed by atoms with Crippen LogP contribution in [0.2, 0.25) is 0 Å². The van der Waals surface area contributed by atoms with Gasteiger partial charge in [0.05, 0.1) is 6.61 Å². The Morgan fingerprint density at radius 3 is 1.07 bits per heavy atom. The summed E-state index contributed by atoms with van der Waals surface area (Å²) in [5.41, 5.74) is 0. The second-order valence-corrected chi connectivity index (χ2v) is 17.6. The van der Waals surface area contributed by atoms with Crippen molar-refractivity contribution in [3.05, 3.63) is 36.5 Å². The zero-order valence-electron chi connectivity index (χ0n) is 39.5. The Hall–Kier alpha value is -1.88. The molecule has 0 bridgehead atoms. The first kappa shape index (κ1) is 57.1. The monoisotopic (exact) mass is 829 g/mol. The number of unbranched alkanes of at least 4 members (excludes halogenated alkanes) is 34. The Morgan fingerprint density at radius 2 is 0.695 bits per heavy atom. The van der Waals surface area contributed by atoms with Gasteiger partial charge in [-0.05, 0) is 64.2 Å². The maximum Gasteiger partial charge on any atom is 0.306 e. The molecule has 1 N–H and O–H groups in total. The smallest absolute Gasteiger partial charge is 0.306 e. The van der Waals surface area contributed by atoms with Crippen molar-refractivity contribution in [3.8, 4) is 0 Å². The summed E-state index contributed by atoms with van der Waals surface area (Å²) in [4.78, 5) is 24.4. The Balaban J connectivity index is 3.41. The Morgan fingerprint density at radius 1 is 0.390 bits per heavy atom. The normalized spacial score (nSPS) is 12.4. The van der Waals surface area contributed by atoms with Crippen molar-refractivity contribution in [2.75, 3.05) is 13.2 Å². The topological polar surface area (TPSA) is 72.8 Å². The van der Waals surface area contributed by atoms with Crippen LogP contribution in [0.3, 0.4) is 0 Å². The molecule has 0 fully saturated rings. The summed E-state index contributed by atoms with van der Waals surface area (Å²) in [6.45, 7) is 4.11. The molecule has 0 rings (SSSR count). The SMILES string of the molecule is CCCC/C=C\C/C=C\CCCCCCCC(=O)OC(CO)COC(=O)CCCCCCCCCCCCCCCCCCCCC/C=C\CCCCCCCCCC. The summed E-state index contributed by atoms with van der Waals surface area (Å²) < 4.78 is 10.7. The number of ether oxygens (including phenoxy) is 2. The van der Waals surface area contributed by atoms with Crippen LogP contribution in [-0.2, 0) is 19.1 Å². The molecule has 0 radical (unpaired) electrons. The lowest BCUT2D eigenvalue weighted by atomic mass is 10.0. The lowest BCUT2D eigenvalue weighted by molar-refractivity contribution is -0.161. The number of hydrogen-bond acceptors (Lipinski definition) is 5. The van der Waals surface area contributed by atoms with Crippen LogP contribution in [-0.4, -0.2) is 36.4 Å². The minimum Gasteiger partial charge on any atom is -0.462 e. The zero-order chi connectivity index (χ0) is 42.8. The predicted molar refractivity (Wildman–Crippen MR) is 256 cm³/mol. The molecule has 0 aliphatic carbocycles. The second kappa shape index (κ2) is 50.5. The highest BCUT2D eigenvalue weighted by Gasteiger charge is 2.16. The largest absolute Gasteiger partial charge is 0.462 e. The van der Waals surface area contributed by atoms with E-state index in [1.165, 1.54) is 199 Å². The van der Waals surface area contributed by atoms with Crippen LogP contribution in [0, 0.1) is 0 Å². The lowest BCUT2D eigenvalue weighted by Crippen LogP contribution is -2.28. The fourth-order valence-electron chi connectivity index (χ4n) is 7.69. The number of hydrogen-bond donors (Lipinski definition) is 1. The molecule has 0 aromatic rings. The van der Waals surface area contributed by atoms with E-state index >= 15 is 0 Å². The first-order valence-corrected chi connectivity index (χ1v) is 26.0. The minimum atomic E-state index is -0.776. The first-order valence-electron chi connectivity index (χ1n) is 26.0. The Kier molecular flexibility index (Phi) is 48.9. The molecule has 0 aliphatic rings. The van der Waals surface area contributed by atoms with E-state index in [-0.39, 0.29) is 25.2 Å². The van der Waals surface area contributed by atoms with Crippen LogP contribution < -0.4 is 0 Å². The van der Waals surface area contributed by atoms with E-state index in [0.717, 1.165) is 51.4 Å². The van der Waals surface area contributed by atoms with Crippen molar-refractivity contribution in [1.29, 1.82) is 0 Å². The maximum atomic E-state index is 12.2. The van der Waals surface area contributed by atoms with Gasteiger partial charge in [-0.1, -0.05) is 237 Å². The minimum absolute atomic E-state index is 0.0683. The number of carbonyl (C=O) groups excluding carboxylic acids is 2. The molecule has 0 amide bonds. The number of carbonyl (C=O) groups is 2. The fourth-order valence-corrected chi connectivity index (χ4v) is 7.69. The van der Waals surface area contributed by atoms with Gasteiger partial charge in [-0.15, -0.1) is 0 Å². The maximum absolute atomic E-state index is 12.2. The number of allylic oxidation sites excluding steroid dienone is 6. The van der Waals surface area contributed by atoms with Crippen molar-refractivity contribution in [1.82, 2.24) is 0 Å². The molecule has 0 heterocycles. The van der Waals surface area contributed by atoms with Gasteiger partial charge in [-0.2, -0.15) is 0 Å². The second-order valence-electron chi connectivity index (χ2n) is 17.6. The van der Waals surface area contributed by atoms with E-state index < -0.39 is 6.10 Å². The lowest BCUT2D eigenvalue weighted by Gasteiger charge is -2.15. The average Bonchev–Trinajstić information content (AvgIpc) is 3.24. The standard InChI is InChI=1S/C54H100O5/c1-3-5-7-9-11-13-15-17-19-20-21-22-23-24-25-26-27-28-29-30-31-32-33-34-35-37-38-40-42-44-46-48-53(56)58-51-52(50-55)59-54(57)49-47-45-43-41-39-36-18-16-14-12-10-8-6-4-2/h10,12,16,18,20-21,52,55H,3-9,11,13-15,17,19,22-51H2,1-2H3/b12-10-,18-16-,21-20-. The summed E-state index contributed by atoms with van der Waals surface area (Å²) in [6, 6.07) is 0. The van der Waals surface area contributed by atoms with Crippen molar-refractivity contribution in [3.63, 3.8) is 0 Å². The summed E-state index contributed by atoms with van der Waals surface area (Å²) >= 11 is 0. The molecule has 5 heteroatoms. The summed E-state index contributed by atoms with van der Waals surface area (Å²) in [7, 11) is 0. The third-order valence-electron chi connectivity index (χ3n) is 11.7. The van der Waals surface area contributed by atoms with Gasteiger partial charge in [0.2, 0.25) is 0 Å². The van der Waals surface area contributed by atoms with Crippen LogP contribution in [0.25, 0.3) is 0 Å². The molecule has 0 aliphatic heterocycles. The van der Waals surface area contributed by atoms with E-state index in [2.05, 4.69) is 50.3 Å². The summed E-state index contributed by atoms with van der Waals surface area (Å²) in [5, 5.41) is 9.60. The van der Waals surface area contributed by atoms with E-state index in [1.54, 1.807) is 0 Å². The third kappa shape index (κ3) is 48.7. The highest BCUT2D eigenvalue weighted by molar-refractivity contribution is 5.70. The molecule has 0 saturated heterocycles. The van der Waals surface area contributed by atoms with Gasteiger partial charge in [0.25, 0.3) is 0 Å². The van der Waals surface area contributed by atoms with Gasteiger partial charge in [-0.25, -0.2) is 0 Å². The predicted octanol–water partition coefficient (Wildman–Crippen LogP) is 17.1. The van der Waals surface area contributed by atoms with Crippen molar-refractivity contribution in [2.45, 2.75) is 283 Å². The molecule has 59 heavy (non-hydrogen) atoms. The van der Waals surface area contributed by atoms with E-state index in [0.29, 0.717) is 12.8 Å².